The van der Waals surface area contributed by atoms with Gasteiger partial charge in [0.2, 0.25) is 0 Å². The Labute approximate surface area is 171 Å². The Bertz CT molecular complexity index is 582. The summed E-state index contributed by atoms with van der Waals surface area (Å²) in [7, 11) is 1.77. The Kier molecular flexibility index (Phi) is 9.26. The maximum Gasteiger partial charge on any atom is 0.191 e. The number of aliphatic imine (C=N–C) groups is 1. The fourth-order valence-corrected chi connectivity index (χ4v) is 3.67. The molecule has 2 unspecified atom stereocenters. The molecule has 1 saturated heterocycles. The Morgan fingerprint density at radius 3 is 2.64 bits per heavy atom. The Morgan fingerprint density at radius 1 is 1.25 bits per heavy atom. The van der Waals surface area contributed by atoms with Crippen LogP contribution in [0.4, 0.5) is 0 Å². The van der Waals surface area contributed by atoms with Crippen molar-refractivity contribution in [1.82, 2.24) is 15.5 Å². The van der Waals surface area contributed by atoms with Crippen molar-refractivity contribution in [2.24, 2.45) is 16.3 Å². The van der Waals surface area contributed by atoms with Crippen LogP contribution in [0.15, 0.2) is 35.3 Å². The fraction of sp³-hybridized carbons (Fsp3) is 0.696. The molecule has 1 aromatic rings. The van der Waals surface area contributed by atoms with Crippen LogP contribution in [0, 0.1) is 11.3 Å². The van der Waals surface area contributed by atoms with Gasteiger partial charge in [-0.05, 0) is 43.2 Å². The molecular formula is C23H40N4O. The molecule has 0 aromatic heterocycles. The van der Waals surface area contributed by atoms with E-state index in [1.807, 2.05) is 0 Å². The van der Waals surface area contributed by atoms with Gasteiger partial charge in [0.15, 0.2) is 5.96 Å². The van der Waals surface area contributed by atoms with Crippen molar-refractivity contribution in [3.05, 3.63) is 35.9 Å². The van der Waals surface area contributed by atoms with Gasteiger partial charge in [0, 0.05) is 33.3 Å². The summed E-state index contributed by atoms with van der Waals surface area (Å²) in [6.45, 7) is 14.7. The van der Waals surface area contributed by atoms with Crippen LogP contribution >= 0.6 is 0 Å². The Morgan fingerprint density at radius 2 is 2.00 bits per heavy atom. The molecule has 28 heavy (non-hydrogen) atoms. The van der Waals surface area contributed by atoms with Crippen LogP contribution in [0.5, 0.6) is 0 Å². The quantitative estimate of drug-likeness (QED) is 0.504. The highest BCUT2D eigenvalue weighted by Gasteiger charge is 2.25. The third kappa shape index (κ3) is 7.80. The van der Waals surface area contributed by atoms with E-state index in [4.69, 9.17) is 9.73 Å². The van der Waals surface area contributed by atoms with Gasteiger partial charge in [-0.25, -0.2) is 0 Å². The molecule has 0 amide bonds. The van der Waals surface area contributed by atoms with E-state index < -0.39 is 0 Å². The van der Waals surface area contributed by atoms with Gasteiger partial charge in [-0.3, -0.25) is 4.99 Å². The summed E-state index contributed by atoms with van der Waals surface area (Å²) >= 11 is 0. The van der Waals surface area contributed by atoms with Gasteiger partial charge < -0.3 is 20.3 Å². The minimum absolute atomic E-state index is 0.0836. The third-order valence-electron chi connectivity index (χ3n) is 5.50. The zero-order valence-corrected chi connectivity index (χ0v) is 18.5. The lowest BCUT2D eigenvalue weighted by Gasteiger charge is -2.28. The summed E-state index contributed by atoms with van der Waals surface area (Å²) in [6, 6.07) is 10.8. The zero-order chi connectivity index (χ0) is 20.4. The average Bonchev–Trinajstić information content (AvgIpc) is 3.12. The normalized spacial score (nSPS) is 19.6. The summed E-state index contributed by atoms with van der Waals surface area (Å²) in [6.07, 6.45) is 2.50. The number of benzene rings is 1. The smallest absolute Gasteiger partial charge is 0.191 e. The van der Waals surface area contributed by atoms with Gasteiger partial charge >= 0.3 is 0 Å². The van der Waals surface area contributed by atoms with Crippen LogP contribution in [-0.2, 0) is 11.2 Å². The van der Waals surface area contributed by atoms with E-state index in [1.54, 1.807) is 7.11 Å². The lowest BCUT2D eigenvalue weighted by molar-refractivity contribution is 0.0241. The predicted molar refractivity (Wildman–Crippen MR) is 119 cm³/mol. The molecule has 1 fully saturated rings. The van der Waals surface area contributed by atoms with Crippen molar-refractivity contribution in [2.45, 2.75) is 46.6 Å². The number of guanidine groups is 1. The molecule has 0 bridgehead atoms. The number of nitrogens with one attached hydrogen (secondary N) is 2. The molecule has 1 heterocycles. The van der Waals surface area contributed by atoms with Crippen LogP contribution in [-0.4, -0.2) is 63.3 Å². The number of hydrogen-bond acceptors (Lipinski definition) is 3. The number of methoxy groups -OCH3 is 1. The highest BCUT2D eigenvalue weighted by Crippen LogP contribution is 2.22. The Hall–Kier alpha value is -1.59. The highest BCUT2D eigenvalue weighted by atomic mass is 16.5. The molecule has 158 valence electrons. The molecule has 2 atom stereocenters. The van der Waals surface area contributed by atoms with Crippen LogP contribution in [0.2, 0.25) is 0 Å². The summed E-state index contributed by atoms with van der Waals surface area (Å²) in [5.74, 6) is 1.58. The van der Waals surface area contributed by atoms with Crippen molar-refractivity contribution < 1.29 is 4.74 Å². The average molecular weight is 389 g/mol. The van der Waals surface area contributed by atoms with Crippen molar-refractivity contribution in [1.29, 1.82) is 0 Å². The number of ether oxygens (including phenoxy) is 1. The van der Waals surface area contributed by atoms with Gasteiger partial charge in [-0.1, -0.05) is 51.1 Å². The number of rotatable bonds is 9. The lowest BCUT2D eigenvalue weighted by atomic mass is 9.89. The number of likely N-dealkylation sites (tertiary alicyclic amines) is 1. The molecule has 0 spiro atoms. The van der Waals surface area contributed by atoms with E-state index in [-0.39, 0.29) is 11.5 Å². The van der Waals surface area contributed by atoms with Crippen molar-refractivity contribution in [3.8, 4) is 0 Å². The monoisotopic (exact) mass is 388 g/mol. The van der Waals surface area contributed by atoms with E-state index in [2.05, 4.69) is 73.6 Å². The Balaban J connectivity index is 1.76. The van der Waals surface area contributed by atoms with Gasteiger partial charge in [0.05, 0.1) is 12.6 Å². The highest BCUT2D eigenvalue weighted by molar-refractivity contribution is 5.79. The second-order valence-corrected chi connectivity index (χ2v) is 8.88. The molecular weight excluding hydrogens is 348 g/mol. The van der Waals surface area contributed by atoms with Crippen LogP contribution in [0.3, 0.4) is 0 Å². The molecule has 5 nitrogen and oxygen atoms in total. The standard InChI is InChI=1S/C23H40N4O/c1-6-24-22(26-17-21(28-5)23(2,3)4)25-16-20-13-15-27(18-20)14-12-19-10-8-7-9-11-19/h7-11,20-21H,6,12-18H2,1-5H3,(H2,24,25,26). The summed E-state index contributed by atoms with van der Waals surface area (Å²) in [5, 5.41) is 6.91. The molecule has 2 N–H and O–H groups in total. The van der Waals surface area contributed by atoms with Gasteiger partial charge in [0.25, 0.3) is 0 Å². The summed E-state index contributed by atoms with van der Waals surface area (Å²) < 4.78 is 5.63. The maximum absolute atomic E-state index is 5.63. The fourth-order valence-electron chi connectivity index (χ4n) is 3.67. The van der Waals surface area contributed by atoms with Crippen molar-refractivity contribution in [3.63, 3.8) is 0 Å². The van der Waals surface area contributed by atoms with Gasteiger partial charge in [-0.2, -0.15) is 0 Å². The van der Waals surface area contributed by atoms with Crippen LogP contribution < -0.4 is 10.6 Å². The minimum atomic E-state index is 0.0836. The van der Waals surface area contributed by atoms with Crippen molar-refractivity contribution >= 4 is 5.96 Å². The summed E-state index contributed by atoms with van der Waals surface area (Å²) in [5.41, 5.74) is 1.51. The second-order valence-electron chi connectivity index (χ2n) is 8.88. The van der Waals surface area contributed by atoms with E-state index >= 15 is 0 Å². The first kappa shape index (κ1) is 22.7. The molecule has 1 aliphatic heterocycles. The number of nitrogens with zero attached hydrogens (tertiary/aromatic N) is 2. The van der Waals surface area contributed by atoms with E-state index in [0.29, 0.717) is 12.5 Å². The molecule has 5 heteroatoms. The molecule has 0 radical (unpaired) electrons. The molecule has 1 aliphatic rings. The first-order chi connectivity index (χ1) is 13.4. The number of hydrogen-bond donors (Lipinski definition) is 2. The van der Waals surface area contributed by atoms with Crippen LogP contribution in [0.1, 0.15) is 39.7 Å². The first-order valence-electron chi connectivity index (χ1n) is 10.7. The van der Waals surface area contributed by atoms with E-state index in [9.17, 15) is 0 Å². The van der Waals surface area contributed by atoms with Gasteiger partial charge in [0.1, 0.15) is 0 Å². The minimum Gasteiger partial charge on any atom is -0.379 e. The first-order valence-corrected chi connectivity index (χ1v) is 10.7. The second kappa shape index (κ2) is 11.4. The van der Waals surface area contributed by atoms with Gasteiger partial charge in [-0.15, -0.1) is 0 Å². The maximum atomic E-state index is 5.63. The van der Waals surface area contributed by atoms with Crippen LogP contribution in [0.25, 0.3) is 0 Å². The lowest BCUT2D eigenvalue weighted by Crippen LogP contribution is -2.41. The molecule has 0 aliphatic carbocycles. The predicted octanol–water partition coefficient (Wildman–Crippen LogP) is 3.17. The zero-order valence-electron chi connectivity index (χ0n) is 18.5. The largest absolute Gasteiger partial charge is 0.379 e. The molecule has 2 rings (SSSR count). The van der Waals surface area contributed by atoms with E-state index in [1.165, 1.54) is 25.1 Å². The van der Waals surface area contributed by atoms with Crippen molar-refractivity contribution in [2.75, 3.05) is 46.4 Å². The molecule has 1 aromatic carbocycles. The third-order valence-corrected chi connectivity index (χ3v) is 5.50. The molecule has 0 saturated carbocycles. The SMILES string of the molecule is CCNC(=NCC(OC)C(C)(C)C)NCC1CCN(CCc2ccccc2)C1. The topological polar surface area (TPSA) is 48.9 Å². The van der Waals surface area contributed by atoms with E-state index in [0.717, 1.165) is 32.0 Å². The summed E-state index contributed by atoms with van der Waals surface area (Å²) in [4.78, 5) is 7.35.